The molecular weight excluding hydrogens is 537 g/mol. The van der Waals surface area contributed by atoms with E-state index in [9.17, 15) is 19.2 Å². The van der Waals surface area contributed by atoms with Crippen molar-refractivity contribution in [2.75, 3.05) is 39.3 Å². The number of carbonyl (C=O) groups is 4. The normalized spacial score (nSPS) is 24.5. The zero-order valence-electron chi connectivity index (χ0n) is 20.7. The van der Waals surface area contributed by atoms with Gasteiger partial charge in [-0.3, -0.25) is 29.0 Å². The summed E-state index contributed by atoms with van der Waals surface area (Å²) in [5.41, 5.74) is 0. The van der Waals surface area contributed by atoms with Crippen molar-refractivity contribution in [3.63, 3.8) is 0 Å². The number of hydrogen-bond donors (Lipinski definition) is 0. The molecule has 4 fully saturated rings. The van der Waals surface area contributed by atoms with Crippen molar-refractivity contribution in [2.45, 2.75) is 52.4 Å². The molecule has 0 aromatic rings. The van der Waals surface area contributed by atoms with Gasteiger partial charge in [-0.25, -0.2) is 0 Å². The van der Waals surface area contributed by atoms with E-state index in [0.29, 0.717) is 20.5 Å². The number of likely N-dealkylation sites (tertiary alicyclic amines) is 2. The Bertz CT molecular complexity index is 922. The van der Waals surface area contributed by atoms with Crippen LogP contribution in [-0.4, -0.2) is 91.1 Å². The van der Waals surface area contributed by atoms with E-state index >= 15 is 0 Å². The van der Waals surface area contributed by atoms with Crippen LogP contribution in [0.3, 0.4) is 0 Å². The number of carbonyl (C=O) groups excluding carboxylic acids is 4. The molecule has 4 amide bonds. The van der Waals surface area contributed by atoms with E-state index in [1.807, 2.05) is 9.80 Å². The SMILES string of the molecule is CC1CCN(C(=O)CCN2C(=O)C(=C3SC(=S)N(CCC(=O)N4CCC(C)CC4)C3=O)SC2=S)CC1. The topological polar surface area (TPSA) is 81.2 Å². The molecule has 4 aliphatic heterocycles. The Morgan fingerprint density at radius 3 is 1.39 bits per heavy atom. The van der Waals surface area contributed by atoms with Crippen LogP contribution >= 0.6 is 48.0 Å². The number of thiocarbonyl (C=S) groups is 2. The van der Waals surface area contributed by atoms with Crippen LogP contribution in [0.2, 0.25) is 0 Å². The van der Waals surface area contributed by atoms with Gasteiger partial charge in [-0.1, -0.05) is 61.8 Å². The number of amides is 4. The second-order valence-electron chi connectivity index (χ2n) is 9.93. The molecule has 0 atom stereocenters. The molecule has 8 nitrogen and oxygen atoms in total. The number of piperidine rings is 2. The lowest BCUT2D eigenvalue weighted by Gasteiger charge is -2.30. The lowest BCUT2D eigenvalue weighted by molar-refractivity contribution is -0.134. The summed E-state index contributed by atoms with van der Waals surface area (Å²) in [6.45, 7) is 7.78. The highest BCUT2D eigenvalue weighted by Gasteiger charge is 2.42. The van der Waals surface area contributed by atoms with Crippen molar-refractivity contribution in [1.29, 1.82) is 0 Å². The summed E-state index contributed by atoms with van der Waals surface area (Å²) >= 11 is 13.0. The number of thioether (sulfide) groups is 2. The van der Waals surface area contributed by atoms with E-state index in [0.717, 1.165) is 75.4 Å². The Morgan fingerprint density at radius 2 is 1.06 bits per heavy atom. The Labute approximate surface area is 231 Å². The summed E-state index contributed by atoms with van der Waals surface area (Å²) in [6.07, 6.45) is 4.39. The molecular formula is C24H32N4O4S4. The van der Waals surface area contributed by atoms with Crippen LogP contribution in [0.5, 0.6) is 0 Å². The number of rotatable bonds is 6. The molecule has 0 aromatic heterocycles. The first kappa shape index (κ1) is 27.5. The van der Waals surface area contributed by atoms with Gasteiger partial charge in [0.1, 0.15) is 8.64 Å². The Hall–Kier alpha value is -1.50. The maximum absolute atomic E-state index is 13.1. The third-order valence-corrected chi connectivity index (χ3v) is 10.3. The predicted octanol–water partition coefficient (Wildman–Crippen LogP) is 3.22. The average molecular weight is 569 g/mol. The lowest BCUT2D eigenvalue weighted by atomic mass is 9.99. The van der Waals surface area contributed by atoms with Gasteiger partial charge in [0.15, 0.2) is 0 Å². The van der Waals surface area contributed by atoms with Crippen LogP contribution in [0.25, 0.3) is 0 Å². The van der Waals surface area contributed by atoms with Crippen LogP contribution in [0, 0.1) is 11.8 Å². The van der Waals surface area contributed by atoms with Crippen molar-refractivity contribution >= 4 is 80.2 Å². The van der Waals surface area contributed by atoms with Crippen LogP contribution in [-0.2, 0) is 19.2 Å². The molecule has 4 rings (SSSR count). The van der Waals surface area contributed by atoms with Crippen molar-refractivity contribution in [1.82, 2.24) is 19.6 Å². The van der Waals surface area contributed by atoms with Crippen LogP contribution in [0.1, 0.15) is 52.4 Å². The summed E-state index contributed by atoms with van der Waals surface area (Å²) in [7, 11) is 0. The minimum absolute atomic E-state index is 0.0232. The smallest absolute Gasteiger partial charge is 0.267 e. The van der Waals surface area contributed by atoms with Gasteiger partial charge >= 0.3 is 0 Å². The Balaban J connectivity index is 1.33. The van der Waals surface area contributed by atoms with Gasteiger partial charge in [0.05, 0.1) is 9.81 Å². The zero-order valence-corrected chi connectivity index (χ0v) is 24.0. The molecule has 0 unspecified atom stereocenters. The van der Waals surface area contributed by atoms with E-state index < -0.39 is 0 Å². The molecule has 4 heterocycles. The lowest BCUT2D eigenvalue weighted by Crippen LogP contribution is -2.40. The third kappa shape index (κ3) is 6.14. The molecule has 0 spiro atoms. The van der Waals surface area contributed by atoms with Gasteiger partial charge in [-0.15, -0.1) is 0 Å². The third-order valence-electron chi connectivity index (χ3n) is 7.28. The molecule has 4 aliphatic rings. The van der Waals surface area contributed by atoms with Crippen molar-refractivity contribution in [3.8, 4) is 0 Å². The van der Waals surface area contributed by atoms with Crippen LogP contribution in [0.15, 0.2) is 9.81 Å². The fourth-order valence-corrected chi connectivity index (χ4v) is 7.47. The quantitative estimate of drug-likeness (QED) is 0.357. The maximum atomic E-state index is 13.1. The second-order valence-corrected chi connectivity index (χ2v) is 13.2. The fourth-order valence-electron chi connectivity index (χ4n) is 4.70. The van der Waals surface area contributed by atoms with Gasteiger partial charge in [-0.05, 0) is 37.5 Å². The summed E-state index contributed by atoms with van der Waals surface area (Å²) < 4.78 is 0.685. The molecule has 0 N–H and O–H groups in total. The van der Waals surface area contributed by atoms with Gasteiger partial charge < -0.3 is 9.80 Å². The predicted molar refractivity (Wildman–Crippen MR) is 150 cm³/mol. The van der Waals surface area contributed by atoms with Crippen molar-refractivity contribution in [2.24, 2.45) is 11.8 Å². The summed E-state index contributed by atoms with van der Waals surface area (Å²) in [5, 5.41) is 0. The van der Waals surface area contributed by atoms with E-state index in [2.05, 4.69) is 13.8 Å². The molecule has 0 bridgehead atoms. The number of hydrogen-bond acceptors (Lipinski definition) is 8. The van der Waals surface area contributed by atoms with Gasteiger partial charge in [0.25, 0.3) is 11.8 Å². The molecule has 12 heteroatoms. The van der Waals surface area contributed by atoms with Gasteiger partial charge in [-0.2, -0.15) is 0 Å². The molecule has 36 heavy (non-hydrogen) atoms. The van der Waals surface area contributed by atoms with E-state index in [1.165, 1.54) is 9.80 Å². The van der Waals surface area contributed by atoms with Crippen molar-refractivity contribution < 1.29 is 19.2 Å². The molecule has 0 aromatic carbocycles. The molecule has 196 valence electrons. The first-order valence-electron chi connectivity index (χ1n) is 12.5. The zero-order chi connectivity index (χ0) is 26.0. The van der Waals surface area contributed by atoms with Crippen LogP contribution < -0.4 is 0 Å². The first-order chi connectivity index (χ1) is 17.2. The molecule has 0 aliphatic carbocycles. The minimum Gasteiger partial charge on any atom is -0.343 e. The van der Waals surface area contributed by atoms with Gasteiger partial charge in [0.2, 0.25) is 11.8 Å². The Kier molecular flexibility index (Phi) is 9.11. The Morgan fingerprint density at radius 1 is 0.722 bits per heavy atom. The molecule has 0 saturated carbocycles. The highest BCUT2D eigenvalue weighted by atomic mass is 32.2. The minimum atomic E-state index is -0.357. The monoisotopic (exact) mass is 568 g/mol. The maximum Gasteiger partial charge on any atom is 0.267 e. The number of nitrogens with zero attached hydrogens (tertiary/aromatic N) is 4. The highest BCUT2D eigenvalue weighted by molar-refractivity contribution is 8.29. The van der Waals surface area contributed by atoms with E-state index in [4.69, 9.17) is 24.4 Å². The summed E-state index contributed by atoms with van der Waals surface area (Å²) in [4.78, 5) is 58.6. The summed E-state index contributed by atoms with van der Waals surface area (Å²) in [6, 6.07) is 0. The molecule has 4 saturated heterocycles. The highest BCUT2D eigenvalue weighted by Crippen LogP contribution is 2.42. The van der Waals surface area contributed by atoms with Crippen molar-refractivity contribution in [3.05, 3.63) is 9.81 Å². The molecule has 0 radical (unpaired) electrons. The largest absolute Gasteiger partial charge is 0.343 e. The average Bonchev–Trinajstić information content (AvgIpc) is 3.30. The standard InChI is InChI=1S/C24H32N4O4S4/c1-15-3-9-25(10-4-15)17(29)7-13-27-21(31)19(35-23(27)33)20-22(32)28(24(34)36-20)14-8-18(30)26-11-5-16(2)6-12-26/h15-16H,3-14H2,1-2H3. The summed E-state index contributed by atoms with van der Waals surface area (Å²) in [5.74, 6) is 0.593. The fraction of sp³-hybridized carbons (Fsp3) is 0.667. The first-order valence-corrected chi connectivity index (χ1v) is 15.0. The van der Waals surface area contributed by atoms with E-state index in [1.54, 1.807) is 0 Å². The van der Waals surface area contributed by atoms with Gasteiger partial charge in [0, 0.05) is 52.1 Å². The van der Waals surface area contributed by atoms with E-state index in [-0.39, 0.29) is 59.4 Å². The second kappa shape index (κ2) is 11.9. The van der Waals surface area contributed by atoms with Crippen LogP contribution in [0.4, 0.5) is 0 Å².